The highest BCUT2D eigenvalue weighted by Crippen LogP contribution is 2.19. The highest BCUT2D eigenvalue weighted by atomic mass is 16.5. The molecule has 0 saturated carbocycles. The average Bonchev–Trinajstić information content (AvgIpc) is 2.59. The van der Waals surface area contributed by atoms with Gasteiger partial charge in [0.25, 0.3) is 5.91 Å². The van der Waals surface area contributed by atoms with Crippen molar-refractivity contribution >= 4 is 17.4 Å². The van der Waals surface area contributed by atoms with E-state index in [4.69, 9.17) is 9.47 Å². The maximum absolute atomic E-state index is 11.9. The highest BCUT2D eigenvalue weighted by Gasteiger charge is 2.07. The number of amides is 1. The summed E-state index contributed by atoms with van der Waals surface area (Å²) in [5, 5.41) is 5.86. The molecule has 0 radical (unpaired) electrons. The minimum absolute atomic E-state index is 0.249. The van der Waals surface area contributed by atoms with Gasteiger partial charge in [-0.05, 0) is 18.6 Å². The molecule has 0 unspecified atom stereocenters. The van der Waals surface area contributed by atoms with Crippen LogP contribution in [0.2, 0.25) is 0 Å². The van der Waals surface area contributed by atoms with E-state index < -0.39 is 0 Å². The fourth-order valence-electron chi connectivity index (χ4n) is 1.87. The lowest BCUT2D eigenvalue weighted by atomic mass is 10.3. The number of ether oxygens (including phenoxy) is 2. The number of nitrogens with zero attached hydrogens (tertiary/aromatic N) is 2. The van der Waals surface area contributed by atoms with Crippen LogP contribution in [0.15, 0.2) is 36.7 Å². The van der Waals surface area contributed by atoms with Gasteiger partial charge in [-0.2, -0.15) is 0 Å². The van der Waals surface area contributed by atoms with Crippen LogP contribution in [0, 0.1) is 0 Å². The molecule has 23 heavy (non-hydrogen) atoms. The third kappa shape index (κ3) is 5.23. The second-order valence-electron chi connectivity index (χ2n) is 4.75. The first-order chi connectivity index (χ1) is 11.2. The zero-order valence-corrected chi connectivity index (χ0v) is 13.2. The second kappa shape index (κ2) is 8.70. The second-order valence-corrected chi connectivity index (χ2v) is 4.75. The molecule has 0 fully saturated rings. The summed E-state index contributed by atoms with van der Waals surface area (Å²) in [5.41, 5.74) is 1.11. The maximum Gasteiger partial charge on any atom is 0.271 e. The molecule has 7 nitrogen and oxygen atoms in total. The molecule has 1 heterocycles. The third-order valence-electron chi connectivity index (χ3n) is 3.04. The summed E-state index contributed by atoms with van der Waals surface area (Å²) in [4.78, 5) is 20.2. The number of rotatable bonds is 8. The molecule has 0 atom stereocenters. The Morgan fingerprint density at radius 3 is 2.78 bits per heavy atom. The van der Waals surface area contributed by atoms with Crippen LogP contribution in [0.25, 0.3) is 0 Å². The largest absolute Gasteiger partial charge is 0.497 e. The van der Waals surface area contributed by atoms with Crippen LogP contribution in [0.4, 0.5) is 11.5 Å². The van der Waals surface area contributed by atoms with Crippen molar-refractivity contribution < 1.29 is 14.3 Å². The Bertz CT molecular complexity index is 631. The Morgan fingerprint density at radius 1 is 1.22 bits per heavy atom. The topological polar surface area (TPSA) is 85.4 Å². The van der Waals surface area contributed by atoms with Crippen molar-refractivity contribution in [2.75, 3.05) is 32.7 Å². The number of benzene rings is 1. The van der Waals surface area contributed by atoms with Gasteiger partial charge in [0.2, 0.25) is 0 Å². The molecule has 2 N–H and O–H groups in total. The number of anilines is 2. The summed E-state index contributed by atoms with van der Waals surface area (Å²) in [7, 11) is 3.24. The molecule has 1 aromatic carbocycles. The number of carbonyl (C=O) groups is 1. The molecule has 0 spiro atoms. The Balaban J connectivity index is 1.92. The number of methoxy groups -OCH3 is 2. The number of hydrogen-bond acceptors (Lipinski definition) is 6. The van der Waals surface area contributed by atoms with E-state index in [1.54, 1.807) is 14.2 Å². The number of hydrogen-bond donors (Lipinski definition) is 2. The molecule has 1 aromatic heterocycles. The van der Waals surface area contributed by atoms with E-state index in [1.165, 1.54) is 12.4 Å². The Kier molecular flexibility index (Phi) is 6.31. The lowest BCUT2D eigenvalue weighted by Gasteiger charge is -2.08. The van der Waals surface area contributed by atoms with E-state index in [-0.39, 0.29) is 11.6 Å². The van der Waals surface area contributed by atoms with Gasteiger partial charge in [0.1, 0.15) is 17.3 Å². The summed E-state index contributed by atoms with van der Waals surface area (Å²) < 4.78 is 10.1. The highest BCUT2D eigenvalue weighted by molar-refractivity contribution is 5.92. The van der Waals surface area contributed by atoms with E-state index in [9.17, 15) is 4.79 Å². The molecule has 122 valence electrons. The van der Waals surface area contributed by atoms with Crippen molar-refractivity contribution in [3.63, 3.8) is 0 Å². The van der Waals surface area contributed by atoms with Gasteiger partial charge in [0, 0.05) is 32.0 Å². The lowest BCUT2D eigenvalue weighted by Crippen LogP contribution is -2.26. The van der Waals surface area contributed by atoms with Crippen LogP contribution in [0.1, 0.15) is 16.9 Å². The summed E-state index contributed by atoms with van der Waals surface area (Å²) >= 11 is 0. The number of nitrogens with one attached hydrogen (secondary N) is 2. The molecular formula is C16H20N4O3. The fraction of sp³-hybridized carbons (Fsp3) is 0.312. The monoisotopic (exact) mass is 316 g/mol. The molecule has 7 heteroatoms. The van der Waals surface area contributed by atoms with Crippen LogP contribution >= 0.6 is 0 Å². The normalized spacial score (nSPS) is 10.2. The van der Waals surface area contributed by atoms with Crippen molar-refractivity contribution in [3.8, 4) is 5.75 Å². The van der Waals surface area contributed by atoms with E-state index >= 15 is 0 Å². The molecule has 0 bridgehead atoms. The van der Waals surface area contributed by atoms with Crippen molar-refractivity contribution in [3.05, 3.63) is 42.4 Å². The van der Waals surface area contributed by atoms with Gasteiger partial charge in [-0.25, -0.2) is 9.97 Å². The minimum Gasteiger partial charge on any atom is -0.497 e. The summed E-state index contributed by atoms with van der Waals surface area (Å²) in [6.07, 6.45) is 3.71. The molecule has 0 aliphatic carbocycles. The molecular weight excluding hydrogens is 296 g/mol. The van der Waals surface area contributed by atoms with Crippen LogP contribution in [0.3, 0.4) is 0 Å². The first-order valence-electron chi connectivity index (χ1n) is 7.23. The van der Waals surface area contributed by atoms with Gasteiger partial charge in [0.05, 0.1) is 19.5 Å². The SMILES string of the molecule is COCCCNC(=O)c1cnc(Nc2cccc(OC)c2)cn1. The van der Waals surface area contributed by atoms with Crippen LogP contribution in [-0.2, 0) is 4.74 Å². The molecule has 2 rings (SSSR count). The van der Waals surface area contributed by atoms with E-state index in [2.05, 4.69) is 20.6 Å². The van der Waals surface area contributed by atoms with E-state index in [0.717, 1.165) is 17.9 Å². The summed E-state index contributed by atoms with van der Waals surface area (Å²) in [6, 6.07) is 7.46. The van der Waals surface area contributed by atoms with Gasteiger partial charge in [-0.3, -0.25) is 4.79 Å². The fourth-order valence-corrected chi connectivity index (χ4v) is 1.87. The van der Waals surface area contributed by atoms with Crippen LogP contribution in [0.5, 0.6) is 5.75 Å². The zero-order chi connectivity index (χ0) is 16.5. The van der Waals surface area contributed by atoms with E-state index in [0.29, 0.717) is 19.0 Å². The smallest absolute Gasteiger partial charge is 0.271 e. The van der Waals surface area contributed by atoms with Crippen LogP contribution < -0.4 is 15.4 Å². The molecule has 0 aliphatic heterocycles. The lowest BCUT2D eigenvalue weighted by molar-refractivity contribution is 0.0943. The van der Waals surface area contributed by atoms with Crippen molar-refractivity contribution in [1.29, 1.82) is 0 Å². The van der Waals surface area contributed by atoms with Gasteiger partial charge < -0.3 is 20.1 Å². The first kappa shape index (κ1) is 16.7. The van der Waals surface area contributed by atoms with Crippen molar-refractivity contribution in [1.82, 2.24) is 15.3 Å². The maximum atomic E-state index is 11.9. The first-order valence-corrected chi connectivity index (χ1v) is 7.23. The summed E-state index contributed by atoms with van der Waals surface area (Å²) in [6.45, 7) is 1.15. The van der Waals surface area contributed by atoms with Crippen molar-refractivity contribution in [2.45, 2.75) is 6.42 Å². The van der Waals surface area contributed by atoms with E-state index in [1.807, 2.05) is 24.3 Å². The Labute approximate surface area is 135 Å². The molecule has 2 aromatic rings. The molecule has 0 saturated heterocycles. The average molecular weight is 316 g/mol. The molecule has 1 amide bonds. The quantitative estimate of drug-likeness (QED) is 0.725. The Morgan fingerprint density at radius 2 is 2.09 bits per heavy atom. The van der Waals surface area contributed by atoms with Gasteiger partial charge >= 0.3 is 0 Å². The molecule has 0 aliphatic rings. The standard InChI is InChI=1S/C16H20N4O3/c1-22-8-4-7-17-16(21)14-10-19-15(11-18-14)20-12-5-3-6-13(9-12)23-2/h3,5-6,9-11H,4,7-8H2,1-2H3,(H,17,21)(H,19,20). The van der Waals surface area contributed by atoms with Crippen LogP contribution in [-0.4, -0.2) is 43.2 Å². The van der Waals surface area contributed by atoms with Gasteiger partial charge in [-0.1, -0.05) is 6.07 Å². The minimum atomic E-state index is -0.249. The number of carbonyl (C=O) groups excluding carboxylic acids is 1. The zero-order valence-electron chi connectivity index (χ0n) is 13.2. The van der Waals surface area contributed by atoms with Gasteiger partial charge in [0.15, 0.2) is 0 Å². The predicted molar refractivity (Wildman–Crippen MR) is 87.1 cm³/mol. The Hall–Kier alpha value is -2.67. The summed E-state index contributed by atoms with van der Waals surface area (Å²) in [5.74, 6) is 1.05. The van der Waals surface area contributed by atoms with Crippen molar-refractivity contribution in [2.24, 2.45) is 0 Å². The predicted octanol–water partition coefficient (Wildman–Crippen LogP) is 2.00. The third-order valence-corrected chi connectivity index (χ3v) is 3.04. The van der Waals surface area contributed by atoms with Gasteiger partial charge in [-0.15, -0.1) is 0 Å². The number of aromatic nitrogens is 2.